The molecule has 3 rings (SSSR count). The van der Waals surface area contributed by atoms with Crippen LogP contribution in [0.1, 0.15) is 12.1 Å². The monoisotopic (exact) mass is 410 g/mol. The van der Waals surface area contributed by atoms with E-state index in [0.717, 1.165) is 28.8 Å². The van der Waals surface area contributed by atoms with Crippen LogP contribution < -0.4 is 4.90 Å². The van der Waals surface area contributed by atoms with E-state index >= 15 is 0 Å². The SMILES string of the molecule is O=S(=O)(c1cnn(C(F)F)c1)N1CCN(c2cccc(C(F)(F)F)c2)CC1. The minimum Gasteiger partial charge on any atom is -0.369 e. The highest BCUT2D eigenvalue weighted by molar-refractivity contribution is 7.89. The maximum Gasteiger partial charge on any atom is 0.416 e. The van der Waals surface area contributed by atoms with Crippen molar-refractivity contribution in [2.75, 3.05) is 31.1 Å². The van der Waals surface area contributed by atoms with Crippen molar-refractivity contribution in [3.8, 4) is 0 Å². The number of nitrogens with zero attached hydrogens (tertiary/aromatic N) is 4. The summed E-state index contributed by atoms with van der Waals surface area (Å²) in [5.41, 5.74) is -0.443. The maximum atomic E-state index is 12.8. The van der Waals surface area contributed by atoms with E-state index in [1.165, 1.54) is 12.1 Å². The third-order valence-corrected chi connectivity index (χ3v) is 6.04. The van der Waals surface area contributed by atoms with Gasteiger partial charge in [-0.15, -0.1) is 0 Å². The summed E-state index contributed by atoms with van der Waals surface area (Å²) in [4.78, 5) is 1.29. The lowest BCUT2D eigenvalue weighted by Gasteiger charge is -2.35. The molecule has 6 nitrogen and oxygen atoms in total. The normalized spacial score (nSPS) is 16.9. The molecule has 148 valence electrons. The zero-order chi connectivity index (χ0) is 19.8. The Balaban J connectivity index is 1.71. The highest BCUT2D eigenvalue weighted by Gasteiger charge is 2.33. The molecular weight excluding hydrogens is 395 g/mol. The van der Waals surface area contributed by atoms with Gasteiger partial charge in [-0.25, -0.2) is 13.1 Å². The van der Waals surface area contributed by atoms with Crippen LogP contribution in [-0.4, -0.2) is 48.7 Å². The first kappa shape index (κ1) is 19.5. The van der Waals surface area contributed by atoms with Gasteiger partial charge in [0.2, 0.25) is 10.0 Å². The smallest absolute Gasteiger partial charge is 0.369 e. The Bertz CT molecular complexity index is 905. The number of hydrogen-bond donors (Lipinski definition) is 0. The summed E-state index contributed by atoms with van der Waals surface area (Å²) in [6.45, 7) is -2.59. The Hall–Kier alpha value is -2.21. The van der Waals surface area contributed by atoms with Crippen molar-refractivity contribution in [2.24, 2.45) is 0 Å². The van der Waals surface area contributed by atoms with Crippen molar-refractivity contribution in [1.82, 2.24) is 14.1 Å². The summed E-state index contributed by atoms with van der Waals surface area (Å²) >= 11 is 0. The fraction of sp³-hybridized carbons (Fsp3) is 0.400. The summed E-state index contributed by atoms with van der Waals surface area (Å²) < 4.78 is 90.0. The topological polar surface area (TPSA) is 58.4 Å². The number of alkyl halides is 5. The van der Waals surface area contributed by atoms with Crippen LogP contribution >= 0.6 is 0 Å². The molecule has 12 heteroatoms. The van der Waals surface area contributed by atoms with Crippen molar-refractivity contribution in [2.45, 2.75) is 17.6 Å². The fourth-order valence-electron chi connectivity index (χ4n) is 2.78. The molecule has 2 heterocycles. The quantitative estimate of drug-likeness (QED) is 0.728. The number of sulfonamides is 1. The number of anilines is 1. The molecule has 0 saturated carbocycles. The first-order valence-corrected chi connectivity index (χ1v) is 9.28. The van der Waals surface area contributed by atoms with E-state index in [2.05, 4.69) is 5.10 Å². The zero-order valence-electron chi connectivity index (χ0n) is 13.8. The first-order valence-electron chi connectivity index (χ1n) is 7.84. The molecule has 2 aromatic rings. The van der Waals surface area contributed by atoms with Gasteiger partial charge < -0.3 is 4.90 Å². The molecule has 0 N–H and O–H groups in total. The molecule has 1 saturated heterocycles. The zero-order valence-corrected chi connectivity index (χ0v) is 14.6. The van der Waals surface area contributed by atoms with Crippen molar-refractivity contribution < 1.29 is 30.4 Å². The molecule has 0 unspecified atom stereocenters. The van der Waals surface area contributed by atoms with Crippen LogP contribution in [0.4, 0.5) is 27.6 Å². The maximum absolute atomic E-state index is 12.8. The average molecular weight is 410 g/mol. The summed E-state index contributed by atoms with van der Waals surface area (Å²) in [6.07, 6.45) is -2.87. The number of benzene rings is 1. The van der Waals surface area contributed by atoms with Crippen LogP contribution in [0.5, 0.6) is 0 Å². The third kappa shape index (κ3) is 4.05. The minimum absolute atomic E-state index is 0.0123. The van der Waals surface area contributed by atoms with E-state index in [4.69, 9.17) is 0 Å². The van der Waals surface area contributed by atoms with Crippen LogP contribution in [0.25, 0.3) is 0 Å². The predicted octanol–water partition coefficient (Wildman–Crippen LogP) is 2.81. The molecule has 1 aromatic carbocycles. The largest absolute Gasteiger partial charge is 0.416 e. The lowest BCUT2D eigenvalue weighted by Crippen LogP contribution is -2.48. The number of hydrogen-bond acceptors (Lipinski definition) is 4. The molecule has 27 heavy (non-hydrogen) atoms. The Morgan fingerprint density at radius 3 is 2.30 bits per heavy atom. The van der Waals surface area contributed by atoms with Crippen molar-refractivity contribution in [3.63, 3.8) is 0 Å². The molecule has 1 aromatic heterocycles. The molecule has 0 aliphatic carbocycles. The summed E-state index contributed by atoms with van der Waals surface area (Å²) in [6, 6.07) is 4.79. The summed E-state index contributed by atoms with van der Waals surface area (Å²) in [7, 11) is -4.00. The van der Waals surface area contributed by atoms with Gasteiger partial charge in [-0.1, -0.05) is 6.07 Å². The van der Waals surface area contributed by atoms with E-state index in [1.54, 1.807) is 4.90 Å². The van der Waals surface area contributed by atoms with Crippen molar-refractivity contribution in [3.05, 3.63) is 42.2 Å². The minimum atomic E-state index is -4.47. The summed E-state index contributed by atoms with van der Waals surface area (Å²) in [5, 5.41) is 3.32. The van der Waals surface area contributed by atoms with Crippen LogP contribution in [0.2, 0.25) is 0 Å². The summed E-state index contributed by atoms with van der Waals surface area (Å²) in [5.74, 6) is 0. The van der Waals surface area contributed by atoms with Gasteiger partial charge in [-0.2, -0.15) is 31.4 Å². The van der Waals surface area contributed by atoms with Crippen LogP contribution in [0, 0.1) is 0 Å². The second-order valence-corrected chi connectivity index (χ2v) is 7.81. The standard InChI is InChI=1S/C15H15F5N4O2S/c16-14(17)24-10-13(9-21-24)27(25,26)23-6-4-22(5-7-23)12-3-1-2-11(8-12)15(18,19)20/h1-3,8-10,14H,4-7H2. The number of piperazine rings is 1. The number of halogens is 5. The van der Waals surface area contributed by atoms with Crippen LogP contribution in [-0.2, 0) is 16.2 Å². The van der Waals surface area contributed by atoms with Gasteiger partial charge in [-0.3, -0.25) is 0 Å². The molecule has 0 bridgehead atoms. The lowest BCUT2D eigenvalue weighted by molar-refractivity contribution is -0.137. The second-order valence-electron chi connectivity index (χ2n) is 5.87. The molecule has 0 amide bonds. The third-order valence-electron chi connectivity index (χ3n) is 4.19. The van der Waals surface area contributed by atoms with Gasteiger partial charge >= 0.3 is 12.7 Å². The van der Waals surface area contributed by atoms with E-state index in [1.807, 2.05) is 0 Å². The number of aromatic nitrogens is 2. The molecule has 0 radical (unpaired) electrons. The van der Waals surface area contributed by atoms with E-state index in [0.29, 0.717) is 5.69 Å². The molecule has 1 aliphatic rings. The molecule has 1 fully saturated rings. The number of rotatable bonds is 4. The molecule has 0 atom stereocenters. The second kappa shape index (κ2) is 7.08. The lowest BCUT2D eigenvalue weighted by atomic mass is 10.1. The highest BCUT2D eigenvalue weighted by atomic mass is 32.2. The molecular formula is C15H15F5N4O2S. The van der Waals surface area contributed by atoms with Gasteiger partial charge in [0.15, 0.2) is 0 Å². The Kier molecular flexibility index (Phi) is 5.12. The van der Waals surface area contributed by atoms with Crippen LogP contribution in [0.3, 0.4) is 0 Å². The first-order chi connectivity index (χ1) is 12.6. The van der Waals surface area contributed by atoms with E-state index < -0.39 is 28.3 Å². The van der Waals surface area contributed by atoms with Crippen molar-refractivity contribution in [1.29, 1.82) is 0 Å². The predicted molar refractivity (Wildman–Crippen MR) is 85.9 cm³/mol. The molecule has 1 aliphatic heterocycles. The van der Waals surface area contributed by atoms with Gasteiger partial charge in [0.05, 0.1) is 18.0 Å². The van der Waals surface area contributed by atoms with Crippen LogP contribution in [0.15, 0.2) is 41.6 Å². The van der Waals surface area contributed by atoms with Gasteiger partial charge in [0.25, 0.3) is 0 Å². The Morgan fingerprint density at radius 2 is 1.74 bits per heavy atom. The van der Waals surface area contributed by atoms with Gasteiger partial charge in [0, 0.05) is 31.9 Å². The van der Waals surface area contributed by atoms with Gasteiger partial charge in [0.1, 0.15) is 4.90 Å². The Morgan fingerprint density at radius 1 is 1.07 bits per heavy atom. The van der Waals surface area contributed by atoms with Gasteiger partial charge in [-0.05, 0) is 18.2 Å². The van der Waals surface area contributed by atoms with E-state index in [9.17, 15) is 30.4 Å². The van der Waals surface area contributed by atoms with E-state index in [-0.39, 0.29) is 35.8 Å². The Labute approximate surface area is 151 Å². The highest BCUT2D eigenvalue weighted by Crippen LogP contribution is 2.32. The van der Waals surface area contributed by atoms with Crippen molar-refractivity contribution >= 4 is 15.7 Å². The average Bonchev–Trinajstić information content (AvgIpc) is 3.12. The molecule has 0 spiro atoms. The fourth-order valence-corrected chi connectivity index (χ4v) is 4.14.